The van der Waals surface area contributed by atoms with Gasteiger partial charge in [-0.3, -0.25) is 0 Å². The fourth-order valence-electron chi connectivity index (χ4n) is 2.12. The van der Waals surface area contributed by atoms with Crippen molar-refractivity contribution in [1.29, 1.82) is 0 Å². The van der Waals surface area contributed by atoms with Gasteiger partial charge in [0, 0.05) is 17.6 Å². The van der Waals surface area contributed by atoms with Crippen LogP contribution in [0.3, 0.4) is 0 Å². The fraction of sp³-hybridized carbons (Fsp3) is 0.0526. The third kappa shape index (κ3) is 5.17. The Kier molecular flexibility index (Phi) is 5.82. The van der Waals surface area contributed by atoms with Crippen molar-refractivity contribution in [3.05, 3.63) is 83.5 Å². The lowest BCUT2D eigenvalue weighted by molar-refractivity contribution is 0.463. The number of rotatable bonds is 5. The Bertz CT molecular complexity index is 841. The monoisotopic (exact) mass is 369 g/mol. The van der Waals surface area contributed by atoms with Crippen LogP contribution in [0.5, 0.6) is 11.6 Å². The van der Waals surface area contributed by atoms with Crippen molar-refractivity contribution >= 4 is 34.6 Å². The van der Waals surface area contributed by atoms with Crippen molar-refractivity contribution in [3.63, 3.8) is 0 Å². The average Bonchev–Trinajstić information content (AvgIpc) is 2.64. The topological polar surface area (TPSA) is 46.2 Å². The molecule has 0 aliphatic rings. The normalized spacial score (nSPS) is 10.1. The molecule has 25 heavy (non-hydrogen) atoms. The van der Waals surface area contributed by atoms with E-state index in [0.717, 1.165) is 17.0 Å². The highest BCUT2D eigenvalue weighted by atomic mass is 35.5. The summed E-state index contributed by atoms with van der Waals surface area (Å²) >= 11 is 11.4. The molecule has 0 amide bonds. The molecular formula is C19H16ClN3OS. The molecule has 1 aromatic heterocycles. The lowest BCUT2D eigenvalue weighted by Crippen LogP contribution is -2.28. The van der Waals surface area contributed by atoms with Gasteiger partial charge in [0.2, 0.25) is 5.88 Å². The lowest BCUT2D eigenvalue weighted by atomic mass is 10.2. The number of benzene rings is 2. The standard InChI is InChI=1S/C19H16ClN3OS/c20-17-9-5-4-6-14(17)12-22-19(25)23-15-10-11-18(21-13-15)24-16-7-2-1-3-8-16/h1-11,13H,12H2,(H2,22,23,25). The van der Waals surface area contributed by atoms with E-state index in [1.165, 1.54) is 0 Å². The van der Waals surface area contributed by atoms with E-state index >= 15 is 0 Å². The van der Waals surface area contributed by atoms with E-state index in [2.05, 4.69) is 15.6 Å². The molecule has 0 aliphatic heterocycles. The summed E-state index contributed by atoms with van der Waals surface area (Å²) in [4.78, 5) is 4.27. The van der Waals surface area contributed by atoms with Crippen LogP contribution >= 0.6 is 23.8 Å². The summed E-state index contributed by atoms with van der Waals surface area (Å²) in [7, 11) is 0. The van der Waals surface area contributed by atoms with E-state index in [1.807, 2.05) is 60.7 Å². The Labute approximate surface area is 156 Å². The molecule has 0 spiro atoms. The summed E-state index contributed by atoms with van der Waals surface area (Å²) in [5.74, 6) is 1.26. The zero-order valence-corrected chi connectivity index (χ0v) is 14.8. The van der Waals surface area contributed by atoms with Crippen molar-refractivity contribution in [2.75, 3.05) is 5.32 Å². The number of hydrogen-bond acceptors (Lipinski definition) is 3. The highest BCUT2D eigenvalue weighted by molar-refractivity contribution is 7.80. The quantitative estimate of drug-likeness (QED) is 0.619. The first-order valence-corrected chi connectivity index (χ1v) is 8.46. The van der Waals surface area contributed by atoms with Gasteiger partial charge in [-0.25, -0.2) is 4.98 Å². The number of nitrogens with one attached hydrogen (secondary N) is 2. The Morgan fingerprint density at radius 2 is 1.76 bits per heavy atom. The van der Waals surface area contributed by atoms with Crippen LogP contribution < -0.4 is 15.4 Å². The average molecular weight is 370 g/mol. The molecule has 0 radical (unpaired) electrons. The summed E-state index contributed by atoms with van der Waals surface area (Å²) in [6, 6.07) is 20.8. The maximum Gasteiger partial charge on any atom is 0.219 e. The molecule has 0 saturated heterocycles. The van der Waals surface area contributed by atoms with Crippen LogP contribution in [-0.2, 0) is 6.54 Å². The third-order valence-electron chi connectivity index (χ3n) is 3.36. The zero-order chi connectivity index (χ0) is 17.5. The van der Waals surface area contributed by atoms with Gasteiger partial charge in [-0.2, -0.15) is 0 Å². The summed E-state index contributed by atoms with van der Waals surface area (Å²) in [6.45, 7) is 0.550. The third-order valence-corrected chi connectivity index (χ3v) is 3.97. The van der Waals surface area contributed by atoms with Crippen molar-refractivity contribution in [1.82, 2.24) is 10.3 Å². The number of hydrogen-bond donors (Lipinski definition) is 2. The first-order valence-electron chi connectivity index (χ1n) is 7.68. The van der Waals surface area contributed by atoms with Crippen LogP contribution in [-0.4, -0.2) is 10.1 Å². The number of para-hydroxylation sites is 1. The summed E-state index contributed by atoms with van der Waals surface area (Å²) < 4.78 is 5.65. The number of aromatic nitrogens is 1. The molecule has 2 aromatic carbocycles. The van der Waals surface area contributed by atoms with Crippen LogP contribution in [0.15, 0.2) is 72.9 Å². The SMILES string of the molecule is S=C(NCc1ccccc1Cl)Nc1ccc(Oc2ccccc2)nc1. The molecule has 0 fully saturated rings. The predicted molar refractivity (Wildman–Crippen MR) is 105 cm³/mol. The van der Waals surface area contributed by atoms with Crippen LogP contribution in [0.2, 0.25) is 5.02 Å². The van der Waals surface area contributed by atoms with Crippen LogP contribution in [0.4, 0.5) is 5.69 Å². The Morgan fingerprint density at radius 1 is 1.00 bits per heavy atom. The van der Waals surface area contributed by atoms with E-state index < -0.39 is 0 Å². The predicted octanol–water partition coefficient (Wildman–Crippen LogP) is 5.01. The van der Waals surface area contributed by atoms with Gasteiger partial charge < -0.3 is 15.4 Å². The molecule has 3 rings (SSSR count). The van der Waals surface area contributed by atoms with Crippen LogP contribution in [0, 0.1) is 0 Å². The number of thiocarbonyl (C=S) groups is 1. The molecule has 0 unspecified atom stereocenters. The Balaban J connectivity index is 1.52. The molecule has 0 bridgehead atoms. The lowest BCUT2D eigenvalue weighted by Gasteiger charge is -2.11. The minimum Gasteiger partial charge on any atom is -0.439 e. The van der Waals surface area contributed by atoms with E-state index in [0.29, 0.717) is 22.6 Å². The van der Waals surface area contributed by atoms with Gasteiger partial charge in [-0.1, -0.05) is 48.0 Å². The zero-order valence-electron chi connectivity index (χ0n) is 13.3. The maximum absolute atomic E-state index is 6.12. The highest BCUT2D eigenvalue weighted by Gasteiger charge is 2.03. The van der Waals surface area contributed by atoms with Gasteiger partial charge >= 0.3 is 0 Å². The van der Waals surface area contributed by atoms with Crippen molar-refractivity contribution in [3.8, 4) is 11.6 Å². The Hall–Kier alpha value is -2.63. The number of pyridine rings is 1. The fourth-order valence-corrected chi connectivity index (χ4v) is 2.51. The first-order chi connectivity index (χ1) is 12.2. The van der Waals surface area contributed by atoms with Crippen LogP contribution in [0.1, 0.15) is 5.56 Å². The van der Waals surface area contributed by atoms with Crippen molar-refractivity contribution in [2.45, 2.75) is 6.54 Å². The van der Waals surface area contributed by atoms with Gasteiger partial charge in [0.1, 0.15) is 5.75 Å². The molecule has 4 nitrogen and oxygen atoms in total. The molecule has 0 saturated carbocycles. The maximum atomic E-state index is 6.12. The van der Waals surface area contributed by atoms with Crippen molar-refractivity contribution in [2.24, 2.45) is 0 Å². The van der Waals surface area contributed by atoms with Crippen molar-refractivity contribution < 1.29 is 4.74 Å². The molecule has 2 N–H and O–H groups in total. The molecule has 0 atom stereocenters. The molecule has 0 aliphatic carbocycles. The number of halogens is 1. The number of anilines is 1. The van der Waals surface area contributed by atoms with E-state index in [9.17, 15) is 0 Å². The molecule has 126 valence electrons. The summed E-state index contributed by atoms with van der Waals surface area (Å²) in [5.41, 5.74) is 1.76. The molecule has 6 heteroatoms. The first kappa shape index (κ1) is 17.2. The minimum absolute atomic E-state index is 0.499. The minimum atomic E-state index is 0.499. The second kappa shape index (κ2) is 8.46. The smallest absolute Gasteiger partial charge is 0.219 e. The van der Waals surface area contributed by atoms with Gasteiger partial charge in [-0.15, -0.1) is 0 Å². The van der Waals surface area contributed by atoms with Crippen LogP contribution in [0.25, 0.3) is 0 Å². The van der Waals surface area contributed by atoms with Gasteiger partial charge in [-0.05, 0) is 42.0 Å². The Morgan fingerprint density at radius 3 is 2.48 bits per heavy atom. The number of ether oxygens (including phenoxy) is 1. The van der Waals surface area contributed by atoms with Gasteiger partial charge in [0.15, 0.2) is 5.11 Å². The van der Waals surface area contributed by atoms with E-state index in [4.69, 9.17) is 28.6 Å². The molecule has 3 aromatic rings. The number of nitrogens with zero attached hydrogens (tertiary/aromatic N) is 1. The molecular weight excluding hydrogens is 354 g/mol. The molecule has 1 heterocycles. The van der Waals surface area contributed by atoms with E-state index in [-0.39, 0.29) is 0 Å². The largest absolute Gasteiger partial charge is 0.439 e. The van der Waals surface area contributed by atoms with Gasteiger partial charge in [0.25, 0.3) is 0 Å². The second-order valence-corrected chi connectivity index (χ2v) is 6.01. The summed E-state index contributed by atoms with van der Waals surface area (Å²) in [6.07, 6.45) is 1.67. The highest BCUT2D eigenvalue weighted by Crippen LogP contribution is 2.20. The summed E-state index contributed by atoms with van der Waals surface area (Å²) in [5, 5.41) is 7.41. The van der Waals surface area contributed by atoms with E-state index in [1.54, 1.807) is 12.3 Å². The second-order valence-electron chi connectivity index (χ2n) is 5.20. The van der Waals surface area contributed by atoms with Gasteiger partial charge in [0.05, 0.1) is 11.9 Å².